The summed E-state index contributed by atoms with van der Waals surface area (Å²) in [5, 5.41) is 5.62. The number of rotatable bonds is 7. The van der Waals surface area contributed by atoms with Crippen LogP contribution in [-0.2, 0) is 19.6 Å². The molecule has 0 aliphatic carbocycles. The average molecular weight is 474 g/mol. The summed E-state index contributed by atoms with van der Waals surface area (Å²) in [5.41, 5.74) is 2.53. The molecule has 0 unspecified atom stereocenters. The van der Waals surface area contributed by atoms with Crippen molar-refractivity contribution in [2.45, 2.75) is 38.6 Å². The normalized spacial score (nSPS) is 15.8. The van der Waals surface area contributed by atoms with E-state index < -0.39 is 22.0 Å². The van der Waals surface area contributed by atoms with Crippen molar-refractivity contribution < 1.29 is 22.7 Å². The molecule has 0 radical (unpaired) electrons. The van der Waals surface area contributed by atoms with Crippen molar-refractivity contribution in [1.29, 1.82) is 0 Å². The molecule has 178 valence electrons. The lowest BCUT2D eigenvalue weighted by molar-refractivity contribution is -0.118. The van der Waals surface area contributed by atoms with Gasteiger partial charge in [0.15, 0.2) is 0 Å². The predicted molar refractivity (Wildman–Crippen MR) is 127 cm³/mol. The molecule has 0 saturated carbocycles. The summed E-state index contributed by atoms with van der Waals surface area (Å²) < 4.78 is 32.6. The van der Waals surface area contributed by atoms with Crippen LogP contribution in [0.25, 0.3) is 0 Å². The van der Waals surface area contributed by atoms with Gasteiger partial charge < -0.3 is 15.4 Å². The quantitative estimate of drug-likeness (QED) is 0.643. The maximum Gasteiger partial charge on any atom is 0.251 e. The highest BCUT2D eigenvalue weighted by Crippen LogP contribution is 2.24. The molecule has 2 amide bonds. The molecule has 8 nitrogen and oxygen atoms in total. The van der Waals surface area contributed by atoms with Crippen LogP contribution in [0.5, 0.6) is 0 Å². The molecule has 1 atom stereocenters. The zero-order valence-electron chi connectivity index (χ0n) is 19.4. The highest BCUT2D eigenvalue weighted by Gasteiger charge is 2.28. The van der Waals surface area contributed by atoms with Crippen LogP contribution in [0.4, 0.5) is 5.69 Å². The summed E-state index contributed by atoms with van der Waals surface area (Å²) in [6.45, 7) is 8.65. The molecule has 2 aromatic rings. The van der Waals surface area contributed by atoms with E-state index in [4.69, 9.17) is 4.74 Å². The smallest absolute Gasteiger partial charge is 0.251 e. The largest absolute Gasteiger partial charge is 0.379 e. The van der Waals surface area contributed by atoms with Gasteiger partial charge in [0.05, 0.1) is 18.1 Å². The number of amides is 2. The minimum absolute atomic E-state index is 0.107. The molecule has 9 heteroatoms. The Labute approximate surface area is 195 Å². The fraction of sp³-hybridized carbons (Fsp3) is 0.417. The van der Waals surface area contributed by atoms with Gasteiger partial charge in [-0.05, 0) is 49.6 Å². The SMILES string of the molecule is Cc1cccc(C(=O)N[C@H](C(=O)Nc2cc(S(=O)(=O)N3CCOCC3)ccc2C)C(C)C)c1. The van der Waals surface area contributed by atoms with Gasteiger partial charge in [-0.2, -0.15) is 4.31 Å². The first-order valence-electron chi connectivity index (χ1n) is 11.0. The third kappa shape index (κ3) is 5.98. The third-order valence-corrected chi connectivity index (χ3v) is 7.49. The van der Waals surface area contributed by atoms with Crippen LogP contribution in [0.3, 0.4) is 0 Å². The lowest BCUT2D eigenvalue weighted by Gasteiger charge is -2.26. The van der Waals surface area contributed by atoms with Crippen molar-refractivity contribution in [3.8, 4) is 0 Å². The lowest BCUT2D eigenvalue weighted by atomic mass is 10.0. The van der Waals surface area contributed by atoms with Gasteiger partial charge in [0.25, 0.3) is 5.91 Å². The summed E-state index contributed by atoms with van der Waals surface area (Å²) in [6.07, 6.45) is 0. The van der Waals surface area contributed by atoms with Crippen LogP contribution in [0, 0.1) is 19.8 Å². The fourth-order valence-electron chi connectivity index (χ4n) is 3.59. The van der Waals surface area contributed by atoms with Crippen LogP contribution >= 0.6 is 0 Å². The Kier molecular flexibility index (Phi) is 7.88. The summed E-state index contributed by atoms with van der Waals surface area (Å²) in [4.78, 5) is 25.9. The van der Waals surface area contributed by atoms with Gasteiger partial charge in [0.1, 0.15) is 6.04 Å². The van der Waals surface area contributed by atoms with Crippen molar-refractivity contribution in [2.24, 2.45) is 5.92 Å². The maximum absolute atomic E-state index is 13.1. The highest BCUT2D eigenvalue weighted by atomic mass is 32.2. The molecule has 1 saturated heterocycles. The fourth-order valence-corrected chi connectivity index (χ4v) is 5.02. The second-order valence-corrected chi connectivity index (χ2v) is 10.5. The molecule has 0 spiro atoms. The van der Waals surface area contributed by atoms with Crippen molar-refractivity contribution in [3.05, 3.63) is 59.2 Å². The second-order valence-electron chi connectivity index (χ2n) is 8.55. The summed E-state index contributed by atoms with van der Waals surface area (Å²) in [6, 6.07) is 11.0. The molecule has 3 rings (SSSR count). The van der Waals surface area contributed by atoms with Gasteiger partial charge in [-0.15, -0.1) is 0 Å². The molecule has 1 aliphatic heterocycles. The minimum Gasteiger partial charge on any atom is -0.379 e. The Balaban J connectivity index is 1.79. The van der Waals surface area contributed by atoms with E-state index in [0.29, 0.717) is 24.5 Å². The number of nitrogens with zero attached hydrogens (tertiary/aromatic N) is 1. The molecule has 2 N–H and O–H groups in total. The molecule has 0 bridgehead atoms. The van der Waals surface area contributed by atoms with Crippen molar-refractivity contribution in [3.63, 3.8) is 0 Å². The monoisotopic (exact) mass is 473 g/mol. The number of sulfonamides is 1. The average Bonchev–Trinajstić information content (AvgIpc) is 2.78. The zero-order valence-corrected chi connectivity index (χ0v) is 20.2. The standard InChI is InChI=1S/C24H31N3O5S/c1-16(2)22(26-23(28)19-7-5-6-17(3)14-19)24(29)25-21-15-20(9-8-18(21)4)33(30,31)27-10-12-32-13-11-27/h5-9,14-16,22H,10-13H2,1-4H3,(H,25,29)(H,26,28)/t22-/m0/s1. The summed E-state index contributed by atoms with van der Waals surface area (Å²) in [7, 11) is -3.70. The van der Waals surface area contributed by atoms with Crippen LogP contribution in [0.2, 0.25) is 0 Å². The van der Waals surface area contributed by atoms with E-state index in [2.05, 4.69) is 10.6 Å². The Bertz CT molecular complexity index is 1120. The van der Waals surface area contributed by atoms with E-state index in [0.717, 1.165) is 11.1 Å². The Hall–Kier alpha value is -2.75. The molecule has 33 heavy (non-hydrogen) atoms. The first-order chi connectivity index (χ1) is 15.6. The number of nitrogens with one attached hydrogen (secondary N) is 2. The second kappa shape index (κ2) is 10.5. The van der Waals surface area contributed by atoms with Crippen molar-refractivity contribution in [1.82, 2.24) is 9.62 Å². The van der Waals surface area contributed by atoms with E-state index in [-0.39, 0.29) is 29.8 Å². The Morgan fingerprint density at radius 2 is 1.73 bits per heavy atom. The predicted octanol–water partition coefficient (Wildman–Crippen LogP) is 2.72. The van der Waals surface area contributed by atoms with E-state index >= 15 is 0 Å². The van der Waals surface area contributed by atoms with E-state index in [1.54, 1.807) is 31.2 Å². The molecular formula is C24H31N3O5S. The van der Waals surface area contributed by atoms with Gasteiger partial charge in [-0.25, -0.2) is 8.42 Å². The molecule has 1 heterocycles. The first-order valence-corrected chi connectivity index (χ1v) is 12.4. The highest BCUT2D eigenvalue weighted by molar-refractivity contribution is 7.89. The van der Waals surface area contributed by atoms with E-state index in [9.17, 15) is 18.0 Å². The molecule has 0 aromatic heterocycles. The molecule has 1 fully saturated rings. The first kappa shape index (κ1) is 24.9. The summed E-state index contributed by atoms with van der Waals surface area (Å²) in [5.74, 6) is -0.928. The van der Waals surface area contributed by atoms with Gasteiger partial charge in [0.2, 0.25) is 15.9 Å². The van der Waals surface area contributed by atoms with Crippen LogP contribution < -0.4 is 10.6 Å². The van der Waals surface area contributed by atoms with Crippen LogP contribution in [-0.4, -0.2) is 56.9 Å². The summed E-state index contributed by atoms with van der Waals surface area (Å²) >= 11 is 0. The third-order valence-electron chi connectivity index (χ3n) is 5.59. The maximum atomic E-state index is 13.1. The number of hydrogen-bond donors (Lipinski definition) is 2. The number of carbonyl (C=O) groups is 2. The zero-order chi connectivity index (χ0) is 24.2. The van der Waals surface area contributed by atoms with Gasteiger partial charge in [0, 0.05) is 24.3 Å². The number of hydrogen-bond acceptors (Lipinski definition) is 5. The number of aryl methyl sites for hydroxylation is 2. The number of anilines is 1. The number of morpholine rings is 1. The van der Waals surface area contributed by atoms with Gasteiger partial charge in [-0.3, -0.25) is 9.59 Å². The minimum atomic E-state index is -3.70. The molecule has 2 aromatic carbocycles. The van der Waals surface area contributed by atoms with Gasteiger partial charge >= 0.3 is 0 Å². The van der Waals surface area contributed by atoms with Crippen molar-refractivity contribution >= 4 is 27.5 Å². The Morgan fingerprint density at radius 1 is 1.03 bits per heavy atom. The number of carbonyl (C=O) groups excluding carboxylic acids is 2. The van der Waals surface area contributed by atoms with E-state index in [1.165, 1.54) is 16.4 Å². The Morgan fingerprint density at radius 3 is 2.36 bits per heavy atom. The number of ether oxygens (including phenoxy) is 1. The van der Waals surface area contributed by atoms with Crippen LogP contribution in [0.1, 0.15) is 35.3 Å². The molecule has 1 aliphatic rings. The lowest BCUT2D eigenvalue weighted by Crippen LogP contribution is -2.47. The number of benzene rings is 2. The topological polar surface area (TPSA) is 105 Å². The van der Waals surface area contributed by atoms with Crippen molar-refractivity contribution in [2.75, 3.05) is 31.6 Å². The van der Waals surface area contributed by atoms with Crippen LogP contribution in [0.15, 0.2) is 47.4 Å². The van der Waals surface area contributed by atoms with E-state index in [1.807, 2.05) is 26.8 Å². The van der Waals surface area contributed by atoms with Gasteiger partial charge in [-0.1, -0.05) is 37.6 Å². The molecular weight excluding hydrogens is 442 g/mol.